The number of rotatable bonds is 11. The average Bonchev–Trinajstić information content (AvgIpc) is 3.66. The van der Waals surface area contributed by atoms with E-state index in [0.717, 1.165) is 22.2 Å². The molecule has 0 aliphatic rings. The largest absolute Gasteiger partial charge is 0.493 e. The molecule has 0 spiro atoms. The molecular weight excluding hydrogens is 546 g/mol. The zero-order valence-electron chi connectivity index (χ0n) is 23.3. The Labute approximate surface area is 240 Å². The van der Waals surface area contributed by atoms with E-state index < -0.39 is 0 Å². The van der Waals surface area contributed by atoms with Gasteiger partial charge >= 0.3 is 0 Å². The number of nitrogens with one attached hydrogen (secondary N) is 1. The van der Waals surface area contributed by atoms with Crippen LogP contribution in [0.15, 0.2) is 59.1 Å². The highest BCUT2D eigenvalue weighted by molar-refractivity contribution is 7.22. The standard InChI is InChI=1S/C30H29N3O7S/c1-6-17-7-9-20-27(11-17)41-30(31-20)32-28(34)16-39-24-12-18(8-10-22(24)35-2)23-15-21(33-40-23)19-13-25(36-3)29(38-5)26(14-19)37-4/h7-15H,6,16H2,1-5H3,(H,31,32,34). The maximum absolute atomic E-state index is 12.7. The van der Waals surface area contributed by atoms with Crippen molar-refractivity contribution in [3.63, 3.8) is 0 Å². The van der Waals surface area contributed by atoms with E-state index >= 15 is 0 Å². The lowest BCUT2D eigenvalue weighted by Gasteiger charge is -2.13. The summed E-state index contributed by atoms with van der Waals surface area (Å²) in [5.74, 6) is 2.49. The van der Waals surface area contributed by atoms with Crippen molar-refractivity contribution in [2.45, 2.75) is 13.3 Å². The van der Waals surface area contributed by atoms with Gasteiger partial charge in [0.15, 0.2) is 40.5 Å². The number of amides is 1. The Morgan fingerprint density at radius 1 is 0.854 bits per heavy atom. The number of fused-ring (bicyclic) bond motifs is 1. The van der Waals surface area contributed by atoms with E-state index in [1.54, 1.807) is 51.7 Å². The first-order valence-corrected chi connectivity index (χ1v) is 13.6. The lowest BCUT2D eigenvalue weighted by molar-refractivity contribution is -0.118. The van der Waals surface area contributed by atoms with Crippen molar-refractivity contribution in [1.82, 2.24) is 10.1 Å². The molecule has 0 saturated carbocycles. The third kappa shape index (κ3) is 5.90. The van der Waals surface area contributed by atoms with Crippen LogP contribution in [0, 0.1) is 0 Å². The molecule has 5 aromatic rings. The number of nitrogens with zero attached hydrogens (tertiary/aromatic N) is 2. The summed E-state index contributed by atoms with van der Waals surface area (Å²) in [6.07, 6.45) is 0.935. The third-order valence-electron chi connectivity index (χ3n) is 6.39. The highest BCUT2D eigenvalue weighted by Crippen LogP contribution is 2.42. The monoisotopic (exact) mass is 575 g/mol. The van der Waals surface area contributed by atoms with Gasteiger partial charge in [-0.3, -0.25) is 10.1 Å². The van der Waals surface area contributed by atoms with Crippen molar-refractivity contribution in [2.75, 3.05) is 40.4 Å². The van der Waals surface area contributed by atoms with E-state index in [9.17, 15) is 4.79 Å². The Bertz CT molecular complexity index is 1670. The molecule has 212 valence electrons. The predicted octanol–water partition coefficient (Wildman–Crippen LogP) is 6.23. The molecule has 11 heteroatoms. The molecular formula is C30H29N3O7S. The number of aromatic nitrogens is 2. The topological polar surface area (TPSA) is 114 Å². The summed E-state index contributed by atoms with van der Waals surface area (Å²) in [4.78, 5) is 17.2. The Hall–Kier alpha value is -4.77. The minimum Gasteiger partial charge on any atom is -0.493 e. The normalized spacial score (nSPS) is 10.9. The molecule has 0 saturated heterocycles. The minimum atomic E-state index is -0.337. The van der Waals surface area contributed by atoms with Crippen molar-refractivity contribution < 1.29 is 33.0 Å². The molecule has 0 bridgehead atoms. The minimum absolute atomic E-state index is 0.233. The summed E-state index contributed by atoms with van der Waals surface area (Å²) in [5, 5.41) is 7.56. The van der Waals surface area contributed by atoms with Crippen LogP contribution in [-0.4, -0.2) is 51.1 Å². The maximum atomic E-state index is 12.7. The van der Waals surface area contributed by atoms with Crippen LogP contribution in [0.2, 0.25) is 0 Å². The van der Waals surface area contributed by atoms with E-state index in [0.29, 0.717) is 50.9 Å². The lowest BCUT2D eigenvalue weighted by Crippen LogP contribution is -2.20. The highest BCUT2D eigenvalue weighted by atomic mass is 32.1. The number of thiazole rings is 1. The van der Waals surface area contributed by atoms with E-state index in [4.69, 9.17) is 28.2 Å². The Balaban J connectivity index is 1.32. The zero-order chi connectivity index (χ0) is 28.9. The van der Waals surface area contributed by atoms with Crippen molar-refractivity contribution in [2.24, 2.45) is 0 Å². The number of anilines is 1. The molecule has 3 aromatic carbocycles. The van der Waals surface area contributed by atoms with Crippen LogP contribution >= 0.6 is 11.3 Å². The van der Waals surface area contributed by atoms with E-state index in [2.05, 4.69) is 28.4 Å². The van der Waals surface area contributed by atoms with Crippen molar-refractivity contribution in [3.8, 4) is 51.3 Å². The van der Waals surface area contributed by atoms with E-state index in [1.807, 2.05) is 18.2 Å². The number of carbonyl (C=O) groups excluding carboxylic acids is 1. The molecule has 2 aromatic heterocycles. The number of benzene rings is 3. The van der Waals surface area contributed by atoms with Crippen molar-refractivity contribution >= 4 is 32.6 Å². The van der Waals surface area contributed by atoms with Crippen LogP contribution in [0.5, 0.6) is 28.7 Å². The summed E-state index contributed by atoms with van der Waals surface area (Å²) in [6.45, 7) is 1.87. The molecule has 0 aliphatic heterocycles. The lowest BCUT2D eigenvalue weighted by atomic mass is 10.1. The number of hydrogen-bond donors (Lipinski definition) is 1. The van der Waals surface area contributed by atoms with Gasteiger partial charge in [-0.05, 0) is 54.4 Å². The molecule has 5 rings (SSSR count). The van der Waals surface area contributed by atoms with Crippen LogP contribution in [0.1, 0.15) is 12.5 Å². The molecule has 0 atom stereocenters. The summed E-state index contributed by atoms with van der Waals surface area (Å²) < 4.78 is 34.3. The molecule has 2 heterocycles. The zero-order valence-corrected chi connectivity index (χ0v) is 24.1. The molecule has 1 N–H and O–H groups in total. The van der Waals surface area contributed by atoms with Gasteiger partial charge in [-0.2, -0.15) is 0 Å². The van der Waals surface area contributed by atoms with Gasteiger partial charge in [0.2, 0.25) is 5.75 Å². The second-order valence-electron chi connectivity index (χ2n) is 8.87. The average molecular weight is 576 g/mol. The number of ether oxygens (including phenoxy) is 5. The Kier molecular flexibility index (Phi) is 8.25. The molecule has 0 aliphatic carbocycles. The van der Waals surface area contributed by atoms with Crippen LogP contribution in [0.3, 0.4) is 0 Å². The van der Waals surface area contributed by atoms with Gasteiger partial charge in [0.25, 0.3) is 5.91 Å². The van der Waals surface area contributed by atoms with Crippen LogP contribution in [0.25, 0.3) is 32.8 Å². The van der Waals surface area contributed by atoms with Crippen molar-refractivity contribution in [3.05, 3.63) is 60.2 Å². The number of aryl methyl sites for hydroxylation is 1. The SMILES string of the molecule is CCc1ccc2nc(NC(=O)COc3cc(-c4cc(-c5cc(OC)c(OC)c(OC)c5)no4)ccc3OC)sc2c1. The van der Waals surface area contributed by atoms with Gasteiger partial charge in [0, 0.05) is 17.2 Å². The van der Waals surface area contributed by atoms with Gasteiger partial charge in [-0.25, -0.2) is 4.98 Å². The van der Waals surface area contributed by atoms with Gasteiger partial charge in [0.05, 0.1) is 38.7 Å². The second kappa shape index (κ2) is 12.2. The molecule has 41 heavy (non-hydrogen) atoms. The summed E-state index contributed by atoms with van der Waals surface area (Å²) >= 11 is 1.43. The maximum Gasteiger partial charge on any atom is 0.264 e. The highest BCUT2D eigenvalue weighted by Gasteiger charge is 2.18. The molecule has 0 unspecified atom stereocenters. The van der Waals surface area contributed by atoms with Crippen LogP contribution in [-0.2, 0) is 11.2 Å². The van der Waals surface area contributed by atoms with Crippen LogP contribution in [0.4, 0.5) is 5.13 Å². The molecule has 0 fully saturated rings. The first-order valence-electron chi connectivity index (χ1n) is 12.7. The quantitative estimate of drug-likeness (QED) is 0.196. The Morgan fingerprint density at radius 3 is 2.27 bits per heavy atom. The van der Waals surface area contributed by atoms with Gasteiger partial charge in [-0.1, -0.05) is 29.5 Å². The van der Waals surface area contributed by atoms with Gasteiger partial charge in [0.1, 0.15) is 5.69 Å². The first-order chi connectivity index (χ1) is 20.0. The number of hydrogen-bond acceptors (Lipinski definition) is 10. The predicted molar refractivity (Wildman–Crippen MR) is 157 cm³/mol. The molecule has 1 amide bonds. The van der Waals surface area contributed by atoms with Gasteiger partial charge in [-0.15, -0.1) is 0 Å². The number of methoxy groups -OCH3 is 4. The van der Waals surface area contributed by atoms with E-state index in [-0.39, 0.29) is 12.5 Å². The molecule has 0 radical (unpaired) electrons. The summed E-state index contributed by atoms with van der Waals surface area (Å²) in [7, 11) is 6.18. The summed E-state index contributed by atoms with van der Waals surface area (Å²) in [6, 6.07) is 16.7. The third-order valence-corrected chi connectivity index (χ3v) is 7.32. The summed E-state index contributed by atoms with van der Waals surface area (Å²) in [5.41, 5.74) is 4.04. The fraction of sp³-hybridized carbons (Fsp3) is 0.233. The van der Waals surface area contributed by atoms with Crippen LogP contribution < -0.4 is 29.0 Å². The second-order valence-corrected chi connectivity index (χ2v) is 9.90. The number of carbonyl (C=O) groups is 1. The van der Waals surface area contributed by atoms with Crippen molar-refractivity contribution in [1.29, 1.82) is 0 Å². The first kappa shape index (κ1) is 27.8. The molecule has 10 nitrogen and oxygen atoms in total. The Morgan fingerprint density at radius 2 is 1.59 bits per heavy atom. The van der Waals surface area contributed by atoms with Gasteiger partial charge < -0.3 is 28.2 Å². The fourth-order valence-corrected chi connectivity index (χ4v) is 5.21. The smallest absolute Gasteiger partial charge is 0.264 e. The van der Waals surface area contributed by atoms with E-state index in [1.165, 1.54) is 24.0 Å². The fourth-order valence-electron chi connectivity index (χ4n) is 4.26.